The van der Waals surface area contributed by atoms with E-state index in [2.05, 4.69) is 42.2 Å². The number of pyridine rings is 1. The number of aromatic nitrogens is 1. The lowest BCUT2D eigenvalue weighted by atomic mass is 10.1. The lowest BCUT2D eigenvalue weighted by Crippen LogP contribution is -2.33. The summed E-state index contributed by atoms with van der Waals surface area (Å²) in [5.41, 5.74) is 1.01. The van der Waals surface area contributed by atoms with Crippen LogP contribution in [0.3, 0.4) is 0 Å². The zero-order valence-electron chi connectivity index (χ0n) is 9.50. The molecule has 1 aliphatic carbocycles. The lowest BCUT2D eigenvalue weighted by molar-refractivity contribution is 0.205. The van der Waals surface area contributed by atoms with Gasteiger partial charge in [0.2, 0.25) is 0 Å². The molecule has 1 aliphatic rings. The summed E-state index contributed by atoms with van der Waals surface area (Å²) >= 11 is 6.90. The fourth-order valence-electron chi connectivity index (χ4n) is 2.32. The van der Waals surface area contributed by atoms with E-state index in [1.54, 1.807) is 6.20 Å². The Labute approximate surface area is 118 Å². The zero-order chi connectivity index (χ0) is 12.3. The highest BCUT2D eigenvalue weighted by molar-refractivity contribution is 9.11. The third-order valence-electron chi connectivity index (χ3n) is 3.31. The van der Waals surface area contributed by atoms with E-state index in [1.807, 2.05) is 6.07 Å². The average Bonchev–Trinajstić information content (AvgIpc) is 2.75. The van der Waals surface area contributed by atoms with Gasteiger partial charge in [-0.15, -0.1) is 0 Å². The van der Waals surface area contributed by atoms with Crippen molar-refractivity contribution in [2.45, 2.75) is 31.8 Å². The molecule has 0 bridgehead atoms. The van der Waals surface area contributed by atoms with Gasteiger partial charge in [0.15, 0.2) is 0 Å². The topological polar surface area (TPSA) is 45.1 Å². The van der Waals surface area contributed by atoms with Gasteiger partial charge in [-0.3, -0.25) is 4.98 Å². The van der Waals surface area contributed by atoms with Gasteiger partial charge in [0.05, 0.1) is 5.69 Å². The standard InChI is InChI=1S/C12H16Br2N2O/c13-9-4-10(14)12(15-5-9)6-16-11-3-1-2-8(11)7-17/h4-5,8,11,16-17H,1-3,6-7H2. The van der Waals surface area contributed by atoms with Crippen LogP contribution in [0.5, 0.6) is 0 Å². The van der Waals surface area contributed by atoms with Crippen molar-refractivity contribution in [1.82, 2.24) is 10.3 Å². The van der Waals surface area contributed by atoms with Crippen molar-refractivity contribution in [3.63, 3.8) is 0 Å². The Bertz CT molecular complexity index is 387. The molecule has 2 rings (SSSR count). The summed E-state index contributed by atoms with van der Waals surface area (Å²) in [4.78, 5) is 4.37. The van der Waals surface area contributed by atoms with E-state index in [9.17, 15) is 5.11 Å². The Morgan fingerprint density at radius 3 is 2.94 bits per heavy atom. The first-order chi connectivity index (χ1) is 8.20. The Morgan fingerprint density at radius 2 is 2.24 bits per heavy atom. The fraction of sp³-hybridized carbons (Fsp3) is 0.583. The zero-order valence-corrected chi connectivity index (χ0v) is 12.7. The summed E-state index contributed by atoms with van der Waals surface area (Å²) in [6.07, 6.45) is 5.29. The number of hydrogen-bond donors (Lipinski definition) is 2. The second kappa shape index (κ2) is 6.27. The molecule has 3 nitrogen and oxygen atoms in total. The molecule has 2 unspecified atom stereocenters. The fourth-order valence-corrected chi connectivity index (χ4v) is 3.45. The van der Waals surface area contributed by atoms with E-state index in [0.29, 0.717) is 12.0 Å². The van der Waals surface area contributed by atoms with Crippen LogP contribution in [-0.4, -0.2) is 22.7 Å². The summed E-state index contributed by atoms with van der Waals surface area (Å²) in [7, 11) is 0. The van der Waals surface area contributed by atoms with Crippen LogP contribution in [-0.2, 0) is 6.54 Å². The maximum absolute atomic E-state index is 9.25. The monoisotopic (exact) mass is 362 g/mol. The van der Waals surface area contributed by atoms with E-state index in [4.69, 9.17) is 0 Å². The van der Waals surface area contributed by atoms with E-state index in [-0.39, 0.29) is 6.61 Å². The Kier molecular flexibility index (Phi) is 4.97. The van der Waals surface area contributed by atoms with Gasteiger partial charge in [-0.05, 0) is 56.7 Å². The summed E-state index contributed by atoms with van der Waals surface area (Å²) in [6, 6.07) is 2.43. The number of hydrogen-bond acceptors (Lipinski definition) is 3. The van der Waals surface area contributed by atoms with Gasteiger partial charge in [0, 0.05) is 34.3 Å². The van der Waals surface area contributed by atoms with Crippen LogP contribution in [0.15, 0.2) is 21.2 Å². The van der Waals surface area contributed by atoms with Crippen LogP contribution in [0.1, 0.15) is 25.0 Å². The van der Waals surface area contributed by atoms with Crippen molar-refractivity contribution in [3.8, 4) is 0 Å². The Hall–Kier alpha value is 0.0300. The summed E-state index contributed by atoms with van der Waals surface area (Å²) in [6.45, 7) is 1.03. The molecule has 0 aromatic carbocycles. The average molecular weight is 364 g/mol. The predicted molar refractivity (Wildman–Crippen MR) is 74.7 cm³/mol. The van der Waals surface area contributed by atoms with E-state index < -0.39 is 0 Å². The van der Waals surface area contributed by atoms with Gasteiger partial charge in [0.25, 0.3) is 0 Å². The number of halogens is 2. The molecule has 1 saturated carbocycles. The number of nitrogens with zero attached hydrogens (tertiary/aromatic N) is 1. The molecule has 1 aromatic heterocycles. The van der Waals surface area contributed by atoms with Crippen molar-refractivity contribution in [3.05, 3.63) is 26.9 Å². The Morgan fingerprint density at radius 1 is 1.41 bits per heavy atom. The van der Waals surface area contributed by atoms with Gasteiger partial charge in [-0.2, -0.15) is 0 Å². The molecule has 17 heavy (non-hydrogen) atoms. The second-order valence-corrected chi connectivity index (χ2v) is 6.21. The van der Waals surface area contributed by atoms with Gasteiger partial charge in [0.1, 0.15) is 0 Å². The molecule has 0 spiro atoms. The first-order valence-electron chi connectivity index (χ1n) is 5.85. The molecule has 5 heteroatoms. The molecule has 1 fully saturated rings. The lowest BCUT2D eigenvalue weighted by Gasteiger charge is -2.19. The van der Waals surface area contributed by atoms with Crippen LogP contribution in [0, 0.1) is 5.92 Å². The van der Waals surface area contributed by atoms with Crippen molar-refractivity contribution < 1.29 is 5.11 Å². The van der Waals surface area contributed by atoms with Gasteiger partial charge in [-0.1, -0.05) is 6.42 Å². The number of aliphatic hydroxyl groups excluding tert-OH is 1. The second-order valence-electron chi connectivity index (χ2n) is 4.44. The Balaban J connectivity index is 1.93. The molecule has 1 heterocycles. The molecule has 2 atom stereocenters. The predicted octanol–water partition coefficient (Wildman–Crippen LogP) is 2.86. The summed E-state index contributed by atoms with van der Waals surface area (Å²) < 4.78 is 1.99. The van der Waals surface area contributed by atoms with E-state index in [0.717, 1.165) is 34.0 Å². The highest BCUT2D eigenvalue weighted by Crippen LogP contribution is 2.26. The third kappa shape index (κ3) is 3.50. The molecule has 0 saturated heterocycles. The van der Waals surface area contributed by atoms with Crippen molar-refractivity contribution >= 4 is 31.9 Å². The maximum Gasteiger partial charge on any atom is 0.0684 e. The van der Waals surface area contributed by atoms with Crippen molar-refractivity contribution in [1.29, 1.82) is 0 Å². The van der Waals surface area contributed by atoms with Crippen LogP contribution in [0.2, 0.25) is 0 Å². The molecule has 0 amide bonds. The number of nitrogens with one attached hydrogen (secondary N) is 1. The molecule has 0 aliphatic heterocycles. The molecular weight excluding hydrogens is 348 g/mol. The van der Waals surface area contributed by atoms with Crippen LogP contribution >= 0.6 is 31.9 Å². The van der Waals surface area contributed by atoms with Crippen LogP contribution in [0.25, 0.3) is 0 Å². The van der Waals surface area contributed by atoms with E-state index in [1.165, 1.54) is 6.42 Å². The highest BCUT2D eigenvalue weighted by Gasteiger charge is 2.26. The number of aliphatic hydroxyl groups is 1. The minimum Gasteiger partial charge on any atom is -0.396 e. The van der Waals surface area contributed by atoms with Crippen molar-refractivity contribution in [2.24, 2.45) is 5.92 Å². The molecule has 2 N–H and O–H groups in total. The van der Waals surface area contributed by atoms with Crippen LogP contribution in [0.4, 0.5) is 0 Å². The molecular formula is C12H16Br2N2O. The quantitative estimate of drug-likeness (QED) is 0.864. The van der Waals surface area contributed by atoms with Crippen LogP contribution < -0.4 is 5.32 Å². The largest absolute Gasteiger partial charge is 0.396 e. The number of rotatable bonds is 4. The first kappa shape index (κ1) is 13.5. The minimum absolute atomic E-state index is 0.284. The maximum atomic E-state index is 9.25. The van der Waals surface area contributed by atoms with E-state index >= 15 is 0 Å². The third-order valence-corrected chi connectivity index (χ3v) is 4.43. The minimum atomic E-state index is 0.284. The first-order valence-corrected chi connectivity index (χ1v) is 7.43. The molecule has 94 valence electrons. The van der Waals surface area contributed by atoms with Gasteiger partial charge < -0.3 is 10.4 Å². The molecule has 0 radical (unpaired) electrons. The summed E-state index contributed by atoms with van der Waals surface area (Å²) in [5, 5.41) is 12.7. The van der Waals surface area contributed by atoms with Gasteiger partial charge >= 0.3 is 0 Å². The molecule has 1 aromatic rings. The van der Waals surface area contributed by atoms with Gasteiger partial charge in [-0.25, -0.2) is 0 Å². The smallest absolute Gasteiger partial charge is 0.0684 e. The van der Waals surface area contributed by atoms with Crippen molar-refractivity contribution in [2.75, 3.05) is 6.61 Å². The SMILES string of the molecule is OCC1CCCC1NCc1ncc(Br)cc1Br. The highest BCUT2D eigenvalue weighted by atomic mass is 79.9. The normalized spacial score (nSPS) is 24.2. The summed E-state index contributed by atoms with van der Waals surface area (Å²) in [5.74, 6) is 0.407.